The van der Waals surface area contributed by atoms with Crippen molar-refractivity contribution in [2.75, 3.05) is 18.5 Å². The molecule has 0 radical (unpaired) electrons. The first-order valence-electron chi connectivity index (χ1n) is 10.3. The van der Waals surface area contributed by atoms with E-state index in [2.05, 4.69) is 38.5 Å². The minimum absolute atomic E-state index is 0.158. The predicted molar refractivity (Wildman–Crippen MR) is 124 cm³/mol. The molecule has 5 N–H and O–H groups in total. The number of alkyl halides is 1. The summed E-state index contributed by atoms with van der Waals surface area (Å²) in [6.07, 6.45) is 0.703. The summed E-state index contributed by atoms with van der Waals surface area (Å²) < 4.78 is 4.85. The highest BCUT2D eigenvalue weighted by Crippen LogP contribution is 2.19. The Morgan fingerprint density at radius 1 is 1.09 bits per heavy atom. The maximum atomic E-state index is 12.9. The number of nitrogens with two attached hydrogens (primary N) is 1. The van der Waals surface area contributed by atoms with Crippen LogP contribution in [-0.4, -0.2) is 60.2 Å². The van der Waals surface area contributed by atoms with E-state index in [4.69, 9.17) is 10.5 Å². The molecule has 0 aliphatic heterocycles. The van der Waals surface area contributed by atoms with E-state index >= 15 is 0 Å². The highest BCUT2D eigenvalue weighted by molar-refractivity contribution is 9.09. The van der Waals surface area contributed by atoms with Crippen molar-refractivity contribution in [3.8, 4) is 0 Å². The molecule has 0 aliphatic rings. The van der Waals surface area contributed by atoms with Gasteiger partial charge in [0, 0.05) is 22.9 Å². The number of nitrogens with one attached hydrogen (secondary N) is 3. The number of Topliss-reactive ketones (excluding diaryl/α,β-unsaturated/α-hetero) is 1. The lowest BCUT2D eigenvalue weighted by Crippen LogP contribution is -2.55. The molecule has 32 heavy (non-hydrogen) atoms. The molecule has 0 heterocycles. The van der Waals surface area contributed by atoms with Crippen LogP contribution in [0.1, 0.15) is 47.5 Å². The van der Waals surface area contributed by atoms with Gasteiger partial charge < -0.3 is 26.4 Å². The molecule has 0 spiro atoms. The Balaban J connectivity index is 5.16. The van der Waals surface area contributed by atoms with E-state index in [0.717, 1.165) is 0 Å². The Bertz CT molecular complexity index is 718. The van der Waals surface area contributed by atoms with Gasteiger partial charge in [-0.15, -0.1) is 0 Å². The van der Waals surface area contributed by atoms with Crippen molar-refractivity contribution in [3.63, 3.8) is 0 Å². The van der Waals surface area contributed by atoms with Gasteiger partial charge in [-0.1, -0.05) is 57.1 Å². The number of urea groups is 1. The number of primary amides is 1. The zero-order valence-electron chi connectivity index (χ0n) is 19.4. The fraction of sp³-hybridized carbons (Fsp3) is 0.667. The summed E-state index contributed by atoms with van der Waals surface area (Å²) in [5, 5.41) is 7.91. The minimum atomic E-state index is -0.945. The highest BCUT2D eigenvalue weighted by atomic mass is 79.9. The van der Waals surface area contributed by atoms with Crippen molar-refractivity contribution in [1.29, 1.82) is 0 Å². The third-order valence-corrected chi connectivity index (χ3v) is 5.07. The number of rotatable bonds is 13. The van der Waals surface area contributed by atoms with E-state index in [1.165, 1.54) is 0 Å². The average molecular weight is 519 g/mol. The largest absolute Gasteiger partial charge is 0.452 e. The first-order chi connectivity index (χ1) is 14.7. The normalized spacial score (nSPS) is 13.0. The van der Waals surface area contributed by atoms with E-state index < -0.39 is 47.9 Å². The molecular formula is C21H35BrN4O6. The summed E-state index contributed by atoms with van der Waals surface area (Å²) in [5.74, 6) is -2.38. The second kappa shape index (κ2) is 13.9. The Kier molecular flexibility index (Phi) is 12.8. The predicted octanol–water partition coefficient (Wildman–Crippen LogP) is 1.17. The van der Waals surface area contributed by atoms with Gasteiger partial charge in [-0.25, -0.2) is 9.59 Å². The van der Waals surface area contributed by atoms with Gasteiger partial charge in [0.1, 0.15) is 6.04 Å². The number of carbonyl (C=O) groups is 5. The van der Waals surface area contributed by atoms with Crippen LogP contribution >= 0.6 is 15.9 Å². The molecule has 0 bridgehead atoms. The van der Waals surface area contributed by atoms with Crippen LogP contribution in [0.2, 0.25) is 0 Å². The third-order valence-electron chi connectivity index (χ3n) is 4.39. The fourth-order valence-corrected chi connectivity index (χ4v) is 2.84. The number of amides is 4. The van der Waals surface area contributed by atoms with Crippen LogP contribution in [0, 0.1) is 11.3 Å². The lowest BCUT2D eigenvalue weighted by Gasteiger charge is -2.28. The molecule has 0 aromatic heterocycles. The molecule has 10 nitrogen and oxygen atoms in total. The highest BCUT2D eigenvalue weighted by Gasteiger charge is 2.33. The molecule has 0 aliphatic carbocycles. The van der Waals surface area contributed by atoms with Gasteiger partial charge in [-0.2, -0.15) is 0 Å². The Labute approximate surface area is 197 Å². The lowest BCUT2D eigenvalue weighted by molar-refractivity contribution is -0.145. The van der Waals surface area contributed by atoms with Crippen LogP contribution < -0.4 is 21.7 Å². The smallest absolute Gasteiger partial charge is 0.334 e. The molecular weight excluding hydrogens is 484 g/mol. The zero-order valence-corrected chi connectivity index (χ0v) is 21.0. The van der Waals surface area contributed by atoms with Crippen molar-refractivity contribution < 1.29 is 28.7 Å². The van der Waals surface area contributed by atoms with Crippen molar-refractivity contribution in [2.45, 2.75) is 59.5 Å². The van der Waals surface area contributed by atoms with Crippen LogP contribution in [0.4, 0.5) is 4.79 Å². The maximum absolute atomic E-state index is 12.9. The molecule has 2 atom stereocenters. The quantitative estimate of drug-likeness (QED) is 0.124. The van der Waals surface area contributed by atoms with Gasteiger partial charge in [0.05, 0.1) is 6.04 Å². The monoisotopic (exact) mass is 518 g/mol. The van der Waals surface area contributed by atoms with E-state index in [0.29, 0.717) is 6.42 Å². The number of ether oxygens (including phenoxy) is 1. The topological polar surface area (TPSA) is 157 Å². The van der Waals surface area contributed by atoms with Crippen molar-refractivity contribution in [2.24, 2.45) is 17.1 Å². The molecule has 0 fully saturated rings. The van der Waals surface area contributed by atoms with Crippen LogP contribution in [0.5, 0.6) is 0 Å². The van der Waals surface area contributed by atoms with E-state index in [9.17, 15) is 24.0 Å². The summed E-state index contributed by atoms with van der Waals surface area (Å²) in [5.41, 5.74) is 4.49. The Morgan fingerprint density at radius 3 is 2.16 bits per heavy atom. The molecule has 11 heteroatoms. The van der Waals surface area contributed by atoms with E-state index in [1.807, 2.05) is 0 Å². The Hall–Kier alpha value is -2.43. The second-order valence-electron chi connectivity index (χ2n) is 8.71. The van der Waals surface area contributed by atoms with E-state index in [-0.39, 0.29) is 35.6 Å². The van der Waals surface area contributed by atoms with Gasteiger partial charge in [0.25, 0.3) is 5.91 Å². The van der Waals surface area contributed by atoms with Gasteiger partial charge in [0.15, 0.2) is 12.4 Å². The summed E-state index contributed by atoms with van der Waals surface area (Å²) in [6, 6.07) is -2.43. The van der Waals surface area contributed by atoms with E-state index in [1.54, 1.807) is 34.6 Å². The average Bonchev–Trinajstić information content (AvgIpc) is 2.69. The molecule has 0 aromatic carbocycles. The maximum Gasteiger partial charge on any atom is 0.334 e. The van der Waals surface area contributed by atoms with Crippen LogP contribution in [0.25, 0.3) is 0 Å². The number of halogens is 1. The lowest BCUT2D eigenvalue weighted by atomic mass is 9.84. The number of hydrogen-bond acceptors (Lipinski definition) is 6. The van der Waals surface area contributed by atoms with Crippen molar-refractivity contribution in [3.05, 3.63) is 12.2 Å². The van der Waals surface area contributed by atoms with Gasteiger partial charge in [-0.05, 0) is 18.8 Å². The molecule has 4 amide bonds. The standard InChI is InChI=1S/C21H35BrN4O6/c1-12(2)16(26-15(27)11-32-19(30)13(3)10-22)18(29)25-14(17(28)21(4,5)6)8-7-9-24-20(23)31/h12,14,16H,3,7-11H2,1-2,4-6H3,(H,25,29)(H,26,27)(H3,23,24,31)/t14-,16-/m0/s1. The summed E-state index contributed by atoms with van der Waals surface area (Å²) >= 11 is 3.07. The molecule has 182 valence electrons. The van der Waals surface area contributed by atoms with Crippen molar-refractivity contribution >= 4 is 45.5 Å². The molecule has 0 aromatic rings. The summed E-state index contributed by atoms with van der Waals surface area (Å²) in [4.78, 5) is 60.4. The zero-order chi connectivity index (χ0) is 25.1. The number of carbonyl (C=O) groups excluding carboxylic acids is 5. The van der Waals surface area contributed by atoms with Crippen LogP contribution in [0.15, 0.2) is 12.2 Å². The molecule has 0 saturated carbocycles. The fourth-order valence-electron chi connectivity index (χ4n) is 2.61. The van der Waals surface area contributed by atoms with Crippen LogP contribution in [-0.2, 0) is 23.9 Å². The van der Waals surface area contributed by atoms with Crippen LogP contribution in [0.3, 0.4) is 0 Å². The van der Waals surface area contributed by atoms with Crippen molar-refractivity contribution in [1.82, 2.24) is 16.0 Å². The molecule has 0 rings (SSSR count). The summed E-state index contributed by atoms with van der Waals surface area (Å²) in [7, 11) is 0. The second-order valence-corrected chi connectivity index (χ2v) is 9.27. The first-order valence-corrected chi connectivity index (χ1v) is 11.4. The number of hydrogen-bond donors (Lipinski definition) is 4. The Morgan fingerprint density at radius 2 is 1.69 bits per heavy atom. The van der Waals surface area contributed by atoms with Gasteiger partial charge in [-0.3, -0.25) is 14.4 Å². The molecule has 0 saturated heterocycles. The number of esters is 1. The first kappa shape index (κ1) is 29.6. The van der Waals surface area contributed by atoms with Gasteiger partial charge >= 0.3 is 12.0 Å². The van der Waals surface area contributed by atoms with Gasteiger partial charge in [0.2, 0.25) is 5.91 Å². The minimum Gasteiger partial charge on any atom is -0.452 e. The third kappa shape index (κ3) is 11.3. The molecule has 0 unspecified atom stereocenters. The number of ketones is 1. The summed E-state index contributed by atoms with van der Waals surface area (Å²) in [6.45, 7) is 11.9. The SMILES string of the molecule is C=C(CBr)C(=O)OCC(=O)N[C@H](C(=O)N[C@@H](CCCNC(N)=O)C(=O)C(C)(C)C)C(C)C.